The zero-order valence-corrected chi connectivity index (χ0v) is 13.9. The van der Waals surface area contributed by atoms with Crippen molar-refractivity contribution in [2.24, 2.45) is 0 Å². The third kappa shape index (κ3) is 4.34. The summed E-state index contributed by atoms with van der Waals surface area (Å²) >= 11 is 0. The molecule has 1 aliphatic rings. The number of aliphatic hydroxyl groups is 1. The normalized spacial score (nSPS) is 19.1. The largest absolute Gasteiger partial charge is 0.480 e. The van der Waals surface area contributed by atoms with Gasteiger partial charge in [-0.1, -0.05) is 12.1 Å². The highest BCUT2D eigenvalue weighted by atomic mass is 16.4. The summed E-state index contributed by atoms with van der Waals surface area (Å²) in [6, 6.07) is 7.75. The molecule has 0 saturated carbocycles. The highest BCUT2D eigenvalue weighted by Gasteiger charge is 2.25. The van der Waals surface area contributed by atoms with Gasteiger partial charge in [0.25, 0.3) is 0 Å². The van der Waals surface area contributed by atoms with Crippen LogP contribution in [0.15, 0.2) is 30.6 Å². The van der Waals surface area contributed by atoms with Gasteiger partial charge in [0.05, 0.1) is 30.0 Å². The lowest BCUT2D eigenvalue weighted by Crippen LogP contribution is -2.38. The van der Waals surface area contributed by atoms with Crippen molar-refractivity contribution in [1.29, 1.82) is 0 Å². The number of aromatic nitrogens is 2. The van der Waals surface area contributed by atoms with Crippen LogP contribution < -0.4 is 0 Å². The maximum atomic E-state index is 12.5. The number of hydrogen-bond acceptors (Lipinski definition) is 5. The first-order valence-corrected chi connectivity index (χ1v) is 8.33. The number of amides is 1. The summed E-state index contributed by atoms with van der Waals surface area (Å²) in [7, 11) is 0. The number of fused-ring (bicyclic) bond motifs is 1. The van der Waals surface area contributed by atoms with E-state index < -0.39 is 12.1 Å². The van der Waals surface area contributed by atoms with Gasteiger partial charge in [0.1, 0.15) is 0 Å². The third-order valence-corrected chi connectivity index (χ3v) is 4.39. The predicted octanol–water partition coefficient (Wildman–Crippen LogP) is 0.0161. The maximum absolute atomic E-state index is 12.5. The maximum Gasteiger partial charge on any atom is 0.317 e. The summed E-state index contributed by atoms with van der Waals surface area (Å²) in [4.78, 5) is 30.9. The number of carboxylic acids is 1. The number of rotatable bonds is 5. The van der Waals surface area contributed by atoms with E-state index in [0.717, 1.165) is 11.0 Å². The molecule has 1 fully saturated rings. The molecule has 8 heteroatoms. The molecule has 0 radical (unpaired) electrons. The van der Waals surface area contributed by atoms with Crippen LogP contribution in [0, 0.1) is 0 Å². The number of carbonyl (C=O) groups is 2. The molecule has 3 rings (SSSR count). The fraction of sp³-hybridized carbons (Fsp3) is 0.471. The zero-order chi connectivity index (χ0) is 17.8. The number of aliphatic hydroxyl groups excluding tert-OH is 1. The molecule has 25 heavy (non-hydrogen) atoms. The number of aliphatic carboxylic acids is 1. The molecule has 134 valence electrons. The first-order valence-electron chi connectivity index (χ1n) is 8.33. The number of nitrogens with zero attached hydrogens (tertiary/aromatic N) is 4. The van der Waals surface area contributed by atoms with E-state index in [-0.39, 0.29) is 25.5 Å². The van der Waals surface area contributed by atoms with Crippen LogP contribution in [0.1, 0.15) is 6.42 Å². The molecule has 1 atom stereocenters. The Balaban J connectivity index is 1.58. The quantitative estimate of drug-likeness (QED) is 0.792. The van der Waals surface area contributed by atoms with Crippen LogP contribution in [0.3, 0.4) is 0 Å². The monoisotopic (exact) mass is 346 g/mol. The van der Waals surface area contributed by atoms with Crippen LogP contribution in [0.5, 0.6) is 0 Å². The van der Waals surface area contributed by atoms with Gasteiger partial charge >= 0.3 is 5.97 Å². The van der Waals surface area contributed by atoms with Crippen molar-refractivity contribution in [3.63, 3.8) is 0 Å². The van der Waals surface area contributed by atoms with Crippen LogP contribution in [-0.4, -0.2) is 80.3 Å². The fourth-order valence-electron chi connectivity index (χ4n) is 3.18. The molecule has 0 spiro atoms. The Labute approximate surface area is 145 Å². The molecule has 2 heterocycles. The number of carboxylic acid groups (broad SMARTS) is 1. The number of β-amino-alcohol motifs (C(OH)–C–C–N with tert-alkyl or cyclic N) is 1. The molecule has 1 saturated heterocycles. The van der Waals surface area contributed by atoms with Crippen molar-refractivity contribution in [2.75, 3.05) is 32.7 Å². The van der Waals surface area contributed by atoms with Crippen LogP contribution in [0.25, 0.3) is 11.0 Å². The topological polar surface area (TPSA) is 98.9 Å². The van der Waals surface area contributed by atoms with Crippen molar-refractivity contribution >= 4 is 22.9 Å². The third-order valence-electron chi connectivity index (χ3n) is 4.39. The van der Waals surface area contributed by atoms with Gasteiger partial charge in [-0.15, -0.1) is 0 Å². The van der Waals surface area contributed by atoms with Gasteiger partial charge in [-0.25, -0.2) is 4.98 Å². The van der Waals surface area contributed by atoms with Gasteiger partial charge in [-0.05, 0) is 12.1 Å². The van der Waals surface area contributed by atoms with Gasteiger partial charge in [0, 0.05) is 39.1 Å². The molecular formula is C17H22N4O4. The van der Waals surface area contributed by atoms with Crippen molar-refractivity contribution in [3.05, 3.63) is 30.6 Å². The van der Waals surface area contributed by atoms with E-state index in [4.69, 9.17) is 5.11 Å². The van der Waals surface area contributed by atoms with Crippen molar-refractivity contribution in [2.45, 2.75) is 19.1 Å². The number of imidazole rings is 1. The SMILES string of the molecule is O=C(O)CN1CCN(C(=O)CCn2cnc3ccccc32)CC(O)C1. The van der Waals surface area contributed by atoms with E-state index in [1.165, 1.54) is 0 Å². The smallest absolute Gasteiger partial charge is 0.317 e. The van der Waals surface area contributed by atoms with E-state index >= 15 is 0 Å². The van der Waals surface area contributed by atoms with E-state index in [2.05, 4.69) is 4.98 Å². The first-order chi connectivity index (χ1) is 12.0. The lowest BCUT2D eigenvalue weighted by atomic mass is 10.3. The van der Waals surface area contributed by atoms with Crippen LogP contribution in [-0.2, 0) is 16.1 Å². The first kappa shape index (κ1) is 17.4. The second-order valence-corrected chi connectivity index (χ2v) is 6.30. The Kier molecular flexibility index (Phi) is 5.30. The number of benzene rings is 1. The molecule has 1 unspecified atom stereocenters. The molecule has 1 aromatic carbocycles. The average molecular weight is 346 g/mol. The summed E-state index contributed by atoms with van der Waals surface area (Å²) in [5.41, 5.74) is 1.88. The number of hydrogen-bond donors (Lipinski definition) is 2. The number of para-hydroxylation sites is 2. The molecule has 1 aliphatic heterocycles. The van der Waals surface area contributed by atoms with Gasteiger partial charge < -0.3 is 19.7 Å². The van der Waals surface area contributed by atoms with Crippen molar-refractivity contribution < 1.29 is 19.8 Å². The molecule has 8 nitrogen and oxygen atoms in total. The molecular weight excluding hydrogens is 324 g/mol. The Bertz CT molecular complexity index is 760. The molecule has 2 N–H and O–H groups in total. The minimum absolute atomic E-state index is 0.0472. The summed E-state index contributed by atoms with van der Waals surface area (Å²) in [6.45, 7) is 1.77. The lowest BCUT2D eigenvalue weighted by Gasteiger charge is -2.22. The summed E-state index contributed by atoms with van der Waals surface area (Å²) in [5, 5.41) is 18.9. The van der Waals surface area contributed by atoms with Crippen molar-refractivity contribution in [1.82, 2.24) is 19.4 Å². The van der Waals surface area contributed by atoms with E-state index in [9.17, 15) is 14.7 Å². The standard InChI is InChI=1S/C17H22N4O4/c22-13-9-19(11-17(24)25)7-8-20(10-13)16(23)5-6-21-12-18-14-3-1-2-4-15(14)21/h1-4,12-13,22H,5-11H2,(H,24,25). The van der Waals surface area contributed by atoms with Crippen molar-refractivity contribution in [3.8, 4) is 0 Å². The van der Waals surface area contributed by atoms with Crippen LogP contribution in [0.2, 0.25) is 0 Å². The number of aryl methyl sites for hydroxylation is 1. The van der Waals surface area contributed by atoms with Crippen LogP contribution in [0.4, 0.5) is 0 Å². The minimum Gasteiger partial charge on any atom is -0.480 e. The Morgan fingerprint density at radius 1 is 1.20 bits per heavy atom. The fourth-order valence-corrected chi connectivity index (χ4v) is 3.18. The van der Waals surface area contributed by atoms with Crippen LogP contribution >= 0.6 is 0 Å². The summed E-state index contributed by atoms with van der Waals surface area (Å²) < 4.78 is 1.94. The highest BCUT2D eigenvalue weighted by Crippen LogP contribution is 2.13. The summed E-state index contributed by atoms with van der Waals surface area (Å²) in [5.74, 6) is -0.979. The highest BCUT2D eigenvalue weighted by molar-refractivity contribution is 5.77. The van der Waals surface area contributed by atoms with Gasteiger partial charge in [0.2, 0.25) is 5.91 Å². The number of carbonyl (C=O) groups excluding carboxylic acids is 1. The van der Waals surface area contributed by atoms with Gasteiger partial charge in [0.15, 0.2) is 0 Å². The molecule has 2 aromatic rings. The second-order valence-electron chi connectivity index (χ2n) is 6.30. The second kappa shape index (κ2) is 7.62. The lowest BCUT2D eigenvalue weighted by molar-refractivity contribution is -0.138. The molecule has 0 aliphatic carbocycles. The zero-order valence-electron chi connectivity index (χ0n) is 13.9. The Hall–Kier alpha value is -2.45. The average Bonchev–Trinajstić information content (AvgIpc) is 2.89. The van der Waals surface area contributed by atoms with Gasteiger partial charge in [-0.3, -0.25) is 14.5 Å². The molecule has 1 aromatic heterocycles. The van der Waals surface area contributed by atoms with E-state index in [0.29, 0.717) is 26.1 Å². The molecule has 0 bridgehead atoms. The molecule has 1 amide bonds. The van der Waals surface area contributed by atoms with E-state index in [1.54, 1.807) is 16.1 Å². The Morgan fingerprint density at radius 3 is 2.80 bits per heavy atom. The van der Waals surface area contributed by atoms with Gasteiger partial charge in [-0.2, -0.15) is 0 Å². The summed E-state index contributed by atoms with van der Waals surface area (Å²) in [6.07, 6.45) is 1.30. The predicted molar refractivity (Wildman–Crippen MR) is 91.0 cm³/mol. The van der Waals surface area contributed by atoms with E-state index in [1.807, 2.05) is 28.8 Å². The minimum atomic E-state index is -0.932. The Morgan fingerprint density at radius 2 is 2.00 bits per heavy atom.